The lowest BCUT2D eigenvalue weighted by Crippen LogP contribution is -2.47. The zero-order chi connectivity index (χ0) is 18.4. The number of carbonyl (C=O) groups excluding carboxylic acids is 1. The number of likely N-dealkylation sites (tertiary alicyclic amines) is 1. The fraction of sp³-hybridized carbons (Fsp3) is 0.667. The SMILES string of the molecule is CN1CCN(C[C@@H]2CN(C(=O)CCCc3ccccc3)C[C@@H]2CO)CC1. The van der Waals surface area contributed by atoms with Crippen LogP contribution in [0.15, 0.2) is 30.3 Å². The van der Waals surface area contributed by atoms with E-state index in [-0.39, 0.29) is 18.4 Å². The summed E-state index contributed by atoms with van der Waals surface area (Å²) in [7, 11) is 2.17. The van der Waals surface area contributed by atoms with Crippen LogP contribution in [-0.2, 0) is 11.2 Å². The third-order valence-electron chi connectivity index (χ3n) is 5.95. The van der Waals surface area contributed by atoms with Crippen LogP contribution in [0, 0.1) is 11.8 Å². The third kappa shape index (κ3) is 5.29. The molecule has 0 bridgehead atoms. The summed E-state index contributed by atoms with van der Waals surface area (Å²) >= 11 is 0. The van der Waals surface area contributed by atoms with Gasteiger partial charge in [0, 0.05) is 64.8 Å². The second-order valence-corrected chi connectivity index (χ2v) is 7.94. The van der Waals surface area contributed by atoms with E-state index >= 15 is 0 Å². The molecule has 1 N–H and O–H groups in total. The number of aliphatic hydroxyl groups excluding tert-OH is 1. The highest BCUT2D eigenvalue weighted by atomic mass is 16.3. The molecule has 2 aliphatic heterocycles. The normalized spacial score (nSPS) is 24.9. The zero-order valence-corrected chi connectivity index (χ0v) is 16.0. The van der Waals surface area contributed by atoms with Crippen molar-refractivity contribution < 1.29 is 9.90 Å². The molecule has 0 aliphatic carbocycles. The lowest BCUT2D eigenvalue weighted by atomic mass is 9.96. The number of likely N-dealkylation sites (N-methyl/N-ethyl adjacent to an activating group) is 1. The highest BCUT2D eigenvalue weighted by Crippen LogP contribution is 2.25. The molecular weight excluding hydrogens is 326 g/mol. The van der Waals surface area contributed by atoms with Crippen LogP contribution in [0.2, 0.25) is 0 Å². The molecule has 0 saturated carbocycles. The summed E-state index contributed by atoms with van der Waals surface area (Å²) in [5.41, 5.74) is 1.29. The van der Waals surface area contributed by atoms with Crippen molar-refractivity contribution in [1.82, 2.24) is 14.7 Å². The van der Waals surface area contributed by atoms with Crippen LogP contribution in [0.1, 0.15) is 18.4 Å². The first-order chi connectivity index (χ1) is 12.7. The van der Waals surface area contributed by atoms with Gasteiger partial charge < -0.3 is 19.8 Å². The Bertz CT molecular complexity index is 558. The van der Waals surface area contributed by atoms with E-state index in [1.54, 1.807) is 0 Å². The Morgan fingerprint density at radius 3 is 2.46 bits per heavy atom. The van der Waals surface area contributed by atoms with Gasteiger partial charge >= 0.3 is 0 Å². The number of carbonyl (C=O) groups is 1. The molecule has 5 heteroatoms. The zero-order valence-electron chi connectivity index (χ0n) is 16.0. The molecule has 2 heterocycles. The second-order valence-electron chi connectivity index (χ2n) is 7.94. The van der Waals surface area contributed by atoms with Crippen molar-refractivity contribution in [3.63, 3.8) is 0 Å². The van der Waals surface area contributed by atoms with Gasteiger partial charge in [-0.1, -0.05) is 30.3 Å². The van der Waals surface area contributed by atoms with Gasteiger partial charge in [-0.05, 0) is 31.4 Å². The number of nitrogens with zero attached hydrogens (tertiary/aromatic N) is 3. The lowest BCUT2D eigenvalue weighted by Gasteiger charge is -2.34. The van der Waals surface area contributed by atoms with Gasteiger partial charge in [0.25, 0.3) is 0 Å². The van der Waals surface area contributed by atoms with Gasteiger partial charge in [-0.2, -0.15) is 0 Å². The van der Waals surface area contributed by atoms with Crippen molar-refractivity contribution in [3.8, 4) is 0 Å². The molecular formula is C21H33N3O2. The van der Waals surface area contributed by atoms with Crippen molar-refractivity contribution in [3.05, 3.63) is 35.9 Å². The Morgan fingerprint density at radius 1 is 1.08 bits per heavy atom. The third-order valence-corrected chi connectivity index (χ3v) is 5.95. The van der Waals surface area contributed by atoms with E-state index in [4.69, 9.17) is 0 Å². The van der Waals surface area contributed by atoms with Crippen molar-refractivity contribution in [2.24, 2.45) is 11.8 Å². The van der Waals surface area contributed by atoms with Crippen LogP contribution in [-0.4, -0.2) is 85.2 Å². The van der Waals surface area contributed by atoms with E-state index in [0.717, 1.165) is 58.7 Å². The summed E-state index contributed by atoms with van der Waals surface area (Å²) in [6, 6.07) is 10.4. The van der Waals surface area contributed by atoms with Crippen LogP contribution in [0.4, 0.5) is 0 Å². The van der Waals surface area contributed by atoms with Gasteiger partial charge in [0.15, 0.2) is 0 Å². The summed E-state index contributed by atoms with van der Waals surface area (Å²) in [4.78, 5) is 19.4. The monoisotopic (exact) mass is 359 g/mol. The van der Waals surface area contributed by atoms with Gasteiger partial charge in [0.05, 0.1) is 0 Å². The van der Waals surface area contributed by atoms with Crippen molar-refractivity contribution in [1.29, 1.82) is 0 Å². The van der Waals surface area contributed by atoms with E-state index < -0.39 is 0 Å². The van der Waals surface area contributed by atoms with Crippen LogP contribution < -0.4 is 0 Å². The Hall–Kier alpha value is -1.43. The quantitative estimate of drug-likeness (QED) is 0.798. The van der Waals surface area contributed by atoms with E-state index in [1.807, 2.05) is 23.1 Å². The number of aryl methyl sites for hydroxylation is 1. The lowest BCUT2D eigenvalue weighted by molar-refractivity contribution is -0.130. The summed E-state index contributed by atoms with van der Waals surface area (Å²) < 4.78 is 0. The minimum absolute atomic E-state index is 0.187. The summed E-state index contributed by atoms with van der Waals surface area (Å²) in [6.07, 6.45) is 2.45. The minimum Gasteiger partial charge on any atom is -0.396 e. The molecule has 5 nitrogen and oxygen atoms in total. The molecule has 0 aromatic heterocycles. The van der Waals surface area contributed by atoms with Gasteiger partial charge in [-0.25, -0.2) is 0 Å². The van der Waals surface area contributed by atoms with Gasteiger partial charge in [0.2, 0.25) is 5.91 Å². The molecule has 2 fully saturated rings. The van der Waals surface area contributed by atoms with Gasteiger partial charge in [0.1, 0.15) is 0 Å². The molecule has 0 radical (unpaired) electrons. The van der Waals surface area contributed by atoms with E-state index in [2.05, 4.69) is 29.0 Å². The van der Waals surface area contributed by atoms with Crippen molar-refractivity contribution in [2.75, 3.05) is 59.5 Å². The first-order valence-corrected chi connectivity index (χ1v) is 9.99. The highest BCUT2D eigenvalue weighted by molar-refractivity contribution is 5.76. The largest absolute Gasteiger partial charge is 0.396 e. The molecule has 0 spiro atoms. The first-order valence-electron chi connectivity index (χ1n) is 9.99. The number of benzene rings is 1. The molecule has 1 aromatic carbocycles. The standard InChI is InChI=1S/C21H33N3O2/c1-22-10-12-23(13-11-22)14-19-15-24(16-20(19)17-25)21(26)9-5-8-18-6-3-2-4-7-18/h2-4,6-7,19-20,25H,5,8-17H2,1H3/t19-,20-/m1/s1. The molecule has 2 atom stereocenters. The average molecular weight is 360 g/mol. The van der Waals surface area contributed by atoms with E-state index in [0.29, 0.717) is 12.3 Å². The topological polar surface area (TPSA) is 47.0 Å². The van der Waals surface area contributed by atoms with Crippen LogP contribution in [0.5, 0.6) is 0 Å². The molecule has 2 saturated heterocycles. The number of amides is 1. The molecule has 26 heavy (non-hydrogen) atoms. The molecule has 3 rings (SSSR count). The predicted molar refractivity (Wildman–Crippen MR) is 104 cm³/mol. The van der Waals surface area contributed by atoms with Crippen molar-refractivity contribution in [2.45, 2.75) is 19.3 Å². The molecule has 0 unspecified atom stereocenters. The van der Waals surface area contributed by atoms with Crippen LogP contribution in [0.25, 0.3) is 0 Å². The first kappa shape index (κ1) is 19.3. The Balaban J connectivity index is 1.44. The maximum absolute atomic E-state index is 12.6. The highest BCUT2D eigenvalue weighted by Gasteiger charge is 2.35. The number of hydrogen-bond acceptors (Lipinski definition) is 4. The van der Waals surface area contributed by atoms with E-state index in [1.165, 1.54) is 5.56 Å². The van der Waals surface area contributed by atoms with Crippen LogP contribution >= 0.6 is 0 Å². The number of rotatable bonds is 7. The average Bonchev–Trinajstić information content (AvgIpc) is 3.07. The summed E-state index contributed by atoms with van der Waals surface area (Å²) in [6.45, 7) is 7.13. The molecule has 1 aromatic rings. The van der Waals surface area contributed by atoms with Gasteiger partial charge in [-0.3, -0.25) is 4.79 Å². The number of piperazine rings is 1. The maximum atomic E-state index is 12.6. The number of hydrogen-bond donors (Lipinski definition) is 1. The Kier molecular flexibility index (Phi) is 7.06. The van der Waals surface area contributed by atoms with Crippen LogP contribution in [0.3, 0.4) is 0 Å². The maximum Gasteiger partial charge on any atom is 0.222 e. The predicted octanol–water partition coefficient (Wildman–Crippen LogP) is 1.32. The summed E-state index contributed by atoms with van der Waals surface area (Å²) in [5.74, 6) is 0.884. The molecule has 144 valence electrons. The second kappa shape index (κ2) is 9.49. The van der Waals surface area contributed by atoms with E-state index in [9.17, 15) is 9.90 Å². The fourth-order valence-electron chi connectivity index (χ4n) is 4.16. The molecule has 1 amide bonds. The number of aliphatic hydroxyl groups is 1. The Morgan fingerprint density at radius 2 is 1.77 bits per heavy atom. The molecule has 2 aliphatic rings. The van der Waals surface area contributed by atoms with Gasteiger partial charge in [-0.15, -0.1) is 0 Å². The summed E-state index contributed by atoms with van der Waals surface area (Å²) in [5, 5.41) is 9.77. The minimum atomic E-state index is 0.187. The van der Waals surface area contributed by atoms with Crippen molar-refractivity contribution >= 4 is 5.91 Å². The fourth-order valence-corrected chi connectivity index (χ4v) is 4.16. The Labute approximate surface area is 157 Å². The smallest absolute Gasteiger partial charge is 0.222 e.